The molecule has 11 nitrogen and oxygen atoms in total. The smallest absolute Gasteiger partial charge is 0.410 e. The molecule has 0 aromatic carbocycles. The third kappa shape index (κ3) is 4.23. The number of carbonyl (C=O) groups excluding carboxylic acids is 3. The first-order valence-electron chi connectivity index (χ1n) is 9.51. The van der Waals surface area contributed by atoms with Crippen molar-refractivity contribution in [2.75, 3.05) is 20.3 Å². The number of tetrazole rings is 1. The van der Waals surface area contributed by atoms with Crippen molar-refractivity contribution < 1.29 is 23.9 Å². The Morgan fingerprint density at radius 3 is 2.79 bits per heavy atom. The predicted molar refractivity (Wildman–Crippen MR) is 94.6 cm³/mol. The Balaban J connectivity index is 1.70. The molecule has 2 aliphatic rings. The number of ether oxygens (including phenoxy) is 2. The van der Waals surface area contributed by atoms with Gasteiger partial charge in [0.05, 0.1) is 20.3 Å². The molecule has 1 saturated heterocycles. The van der Waals surface area contributed by atoms with Gasteiger partial charge in [-0.2, -0.15) is 5.21 Å². The van der Waals surface area contributed by atoms with Gasteiger partial charge in [0, 0.05) is 12.6 Å². The van der Waals surface area contributed by atoms with Crippen molar-refractivity contribution in [1.82, 2.24) is 30.4 Å². The minimum absolute atomic E-state index is 0.0322. The van der Waals surface area contributed by atoms with E-state index >= 15 is 0 Å². The van der Waals surface area contributed by atoms with E-state index in [1.165, 1.54) is 12.0 Å². The molecule has 0 unspecified atom stereocenters. The second kappa shape index (κ2) is 8.98. The number of nitrogens with one attached hydrogen (secondary N) is 1. The molecule has 1 saturated carbocycles. The summed E-state index contributed by atoms with van der Waals surface area (Å²) < 4.78 is 10.0. The summed E-state index contributed by atoms with van der Waals surface area (Å²) in [4.78, 5) is 39.4. The maximum atomic E-state index is 12.4. The highest BCUT2D eigenvalue weighted by molar-refractivity contribution is 5.81. The highest BCUT2D eigenvalue weighted by atomic mass is 16.6. The van der Waals surface area contributed by atoms with Crippen LogP contribution in [0.5, 0.6) is 0 Å². The van der Waals surface area contributed by atoms with Crippen LogP contribution in [0.2, 0.25) is 0 Å². The molecule has 0 radical (unpaired) electrons. The summed E-state index contributed by atoms with van der Waals surface area (Å²) in [7, 11) is 1.31. The zero-order valence-corrected chi connectivity index (χ0v) is 16.1. The second-order valence-electron chi connectivity index (χ2n) is 7.22. The molecular weight excluding hydrogens is 368 g/mol. The van der Waals surface area contributed by atoms with Gasteiger partial charge in [0.25, 0.3) is 0 Å². The fraction of sp³-hybridized carbons (Fsp3) is 0.765. The fourth-order valence-corrected chi connectivity index (χ4v) is 4.37. The average molecular weight is 394 g/mol. The van der Waals surface area contributed by atoms with Crippen molar-refractivity contribution in [2.45, 2.75) is 51.2 Å². The van der Waals surface area contributed by atoms with Crippen molar-refractivity contribution in [2.24, 2.45) is 11.8 Å². The van der Waals surface area contributed by atoms with E-state index in [0.717, 1.165) is 25.7 Å². The number of piperidine rings is 1. The zero-order valence-electron chi connectivity index (χ0n) is 16.1. The Morgan fingerprint density at radius 2 is 2.14 bits per heavy atom. The van der Waals surface area contributed by atoms with Crippen molar-refractivity contribution in [3.63, 3.8) is 0 Å². The molecule has 1 aliphatic carbocycles. The molecule has 11 heteroatoms. The topological polar surface area (TPSA) is 131 Å². The highest BCUT2D eigenvalue weighted by Gasteiger charge is 2.45. The predicted octanol–water partition coefficient (Wildman–Crippen LogP) is 0.347. The highest BCUT2D eigenvalue weighted by Crippen LogP contribution is 2.40. The van der Waals surface area contributed by atoms with Crippen molar-refractivity contribution in [3.8, 4) is 0 Å². The van der Waals surface area contributed by atoms with Gasteiger partial charge in [-0.15, -0.1) is 10.2 Å². The second-order valence-corrected chi connectivity index (χ2v) is 7.22. The Bertz CT molecular complexity index is 684. The lowest BCUT2D eigenvalue weighted by Gasteiger charge is -2.47. The van der Waals surface area contributed by atoms with Gasteiger partial charge in [0.1, 0.15) is 6.04 Å². The molecule has 1 N–H and O–H groups in total. The van der Waals surface area contributed by atoms with Crippen LogP contribution in [0.15, 0.2) is 0 Å². The number of carbonyl (C=O) groups is 3. The minimum Gasteiger partial charge on any atom is -0.464 e. The van der Waals surface area contributed by atoms with Crippen molar-refractivity contribution >= 4 is 18.5 Å². The van der Waals surface area contributed by atoms with E-state index in [2.05, 4.69) is 20.6 Å². The van der Waals surface area contributed by atoms with Crippen LogP contribution in [0.25, 0.3) is 0 Å². The maximum Gasteiger partial charge on any atom is 0.410 e. The van der Waals surface area contributed by atoms with E-state index < -0.39 is 18.1 Å². The summed E-state index contributed by atoms with van der Waals surface area (Å²) in [5.41, 5.74) is 0. The summed E-state index contributed by atoms with van der Waals surface area (Å²) in [6.07, 6.45) is 3.24. The number of hydrogen-bond donors (Lipinski definition) is 1. The molecule has 2 heterocycles. The molecule has 2 fully saturated rings. The van der Waals surface area contributed by atoms with E-state index in [1.807, 2.05) is 0 Å². The number of aromatic amines is 1. The first kappa shape index (κ1) is 20.0. The number of amides is 2. The van der Waals surface area contributed by atoms with Gasteiger partial charge in [0.15, 0.2) is 5.82 Å². The van der Waals surface area contributed by atoms with Gasteiger partial charge in [0.2, 0.25) is 6.41 Å². The number of likely N-dealkylation sites (tertiary alicyclic amines) is 1. The molecule has 0 spiro atoms. The van der Waals surface area contributed by atoms with E-state index in [0.29, 0.717) is 18.8 Å². The summed E-state index contributed by atoms with van der Waals surface area (Å²) in [5, 5.41) is 13.7. The number of fused-ring (bicyclic) bond motifs is 1. The first-order valence-corrected chi connectivity index (χ1v) is 9.51. The van der Waals surface area contributed by atoms with Crippen LogP contribution in [0, 0.1) is 11.8 Å². The molecule has 3 rings (SSSR count). The zero-order chi connectivity index (χ0) is 20.1. The number of esters is 1. The van der Waals surface area contributed by atoms with Crippen LogP contribution in [-0.2, 0) is 25.6 Å². The summed E-state index contributed by atoms with van der Waals surface area (Å²) in [6.45, 7) is 2.74. The van der Waals surface area contributed by atoms with Gasteiger partial charge in [-0.3, -0.25) is 9.69 Å². The first-order chi connectivity index (χ1) is 13.6. The molecule has 1 aliphatic heterocycles. The Hall–Kier alpha value is -2.72. The Morgan fingerprint density at radius 1 is 1.32 bits per heavy atom. The Labute approximate surface area is 162 Å². The van der Waals surface area contributed by atoms with Crippen LogP contribution >= 0.6 is 0 Å². The third-order valence-corrected chi connectivity index (χ3v) is 5.73. The van der Waals surface area contributed by atoms with E-state index in [1.54, 1.807) is 11.8 Å². The normalized spacial score (nSPS) is 26.9. The van der Waals surface area contributed by atoms with Gasteiger partial charge >= 0.3 is 12.1 Å². The Kier molecular flexibility index (Phi) is 6.42. The molecule has 1 aromatic rings. The monoisotopic (exact) mass is 394 g/mol. The summed E-state index contributed by atoms with van der Waals surface area (Å²) in [6, 6.07) is -0.626. The van der Waals surface area contributed by atoms with Crippen LogP contribution in [0.4, 0.5) is 4.79 Å². The number of rotatable bonds is 6. The van der Waals surface area contributed by atoms with Crippen LogP contribution < -0.4 is 0 Å². The van der Waals surface area contributed by atoms with Gasteiger partial charge in [-0.1, -0.05) is 5.21 Å². The molecule has 154 valence electrons. The van der Waals surface area contributed by atoms with Gasteiger partial charge < -0.3 is 14.4 Å². The number of methoxy groups -OCH3 is 1. The van der Waals surface area contributed by atoms with Crippen molar-refractivity contribution in [1.29, 1.82) is 0 Å². The molecule has 0 bridgehead atoms. The summed E-state index contributed by atoms with van der Waals surface area (Å²) in [5.74, 6) is 0.521. The van der Waals surface area contributed by atoms with Crippen LogP contribution in [0.1, 0.15) is 38.4 Å². The largest absolute Gasteiger partial charge is 0.464 e. The van der Waals surface area contributed by atoms with E-state index in [-0.39, 0.29) is 31.0 Å². The number of H-pyrrole nitrogens is 1. The number of nitrogens with zero attached hydrogens (tertiary/aromatic N) is 5. The lowest BCUT2D eigenvalue weighted by molar-refractivity contribution is -0.152. The van der Waals surface area contributed by atoms with Crippen LogP contribution in [0.3, 0.4) is 0 Å². The van der Waals surface area contributed by atoms with E-state index in [9.17, 15) is 14.4 Å². The summed E-state index contributed by atoms with van der Waals surface area (Å²) >= 11 is 0. The average Bonchev–Trinajstić information content (AvgIpc) is 3.23. The molecule has 4 atom stereocenters. The standard InChI is InChI=1S/C17H26N6O5/c1-3-28-16(25)14-7-12-6-13(22(10-24)9-15-18-20-21-19-15)5-4-11(12)8-23(14)17(26)27-2/h10-14H,3-9H2,1-2H3,(H,18,19,20,21)/t11-,12+,13-,14-/m0/s1. The number of aromatic nitrogens is 4. The molecule has 2 amide bonds. The van der Waals surface area contributed by atoms with Gasteiger partial charge in [-0.05, 0) is 44.4 Å². The molecular formula is C17H26N6O5. The quantitative estimate of drug-likeness (QED) is 0.540. The maximum absolute atomic E-state index is 12.4. The SMILES string of the molecule is CCOC(=O)[C@@H]1C[C@H]2C[C@@H](N(C=O)Cc3nn[nH]n3)CC[C@H]2CN1C(=O)OC. The van der Waals surface area contributed by atoms with Gasteiger partial charge in [-0.25, -0.2) is 9.59 Å². The number of hydrogen-bond acceptors (Lipinski definition) is 8. The minimum atomic E-state index is -0.658. The lowest BCUT2D eigenvalue weighted by Crippen LogP contribution is -2.56. The molecule has 1 aromatic heterocycles. The fourth-order valence-electron chi connectivity index (χ4n) is 4.37. The van der Waals surface area contributed by atoms with Crippen LogP contribution in [-0.4, -0.2) is 81.2 Å². The lowest BCUT2D eigenvalue weighted by atomic mass is 9.71. The van der Waals surface area contributed by atoms with Crippen molar-refractivity contribution in [3.05, 3.63) is 5.82 Å². The van der Waals surface area contributed by atoms with E-state index in [4.69, 9.17) is 9.47 Å². The third-order valence-electron chi connectivity index (χ3n) is 5.73. The molecule has 28 heavy (non-hydrogen) atoms.